The van der Waals surface area contributed by atoms with Crippen molar-refractivity contribution in [3.8, 4) is 0 Å². The van der Waals surface area contributed by atoms with Crippen LogP contribution in [-0.2, 0) is 36.8 Å². The minimum Gasteiger partial charge on any atom is -0.385 e. The van der Waals surface area contributed by atoms with Gasteiger partial charge < -0.3 is 34.3 Å². The van der Waals surface area contributed by atoms with Crippen LogP contribution in [0.5, 0.6) is 0 Å². The fourth-order valence-electron chi connectivity index (χ4n) is 6.68. The summed E-state index contributed by atoms with van der Waals surface area (Å²) >= 11 is 0. The van der Waals surface area contributed by atoms with E-state index in [9.17, 15) is 14.0 Å². The molecule has 2 heterocycles. The number of halogens is 1. The molecular weight excluding hydrogens is 563 g/mol. The molecule has 4 rings (SSSR count). The van der Waals surface area contributed by atoms with Crippen molar-refractivity contribution in [3.63, 3.8) is 0 Å². The first kappa shape index (κ1) is 34.3. The molecule has 2 N–H and O–H groups in total. The molecule has 1 saturated heterocycles. The molecule has 9 nitrogen and oxygen atoms in total. The van der Waals surface area contributed by atoms with E-state index in [0.717, 1.165) is 67.8 Å². The molecule has 0 bridgehead atoms. The van der Waals surface area contributed by atoms with Crippen molar-refractivity contribution < 1.29 is 28.2 Å². The molecule has 0 radical (unpaired) electrons. The molecule has 1 saturated carbocycles. The summed E-state index contributed by atoms with van der Waals surface area (Å²) in [6.45, 7) is 6.28. The van der Waals surface area contributed by atoms with Gasteiger partial charge in [0.05, 0.1) is 24.8 Å². The number of amides is 2. The summed E-state index contributed by atoms with van der Waals surface area (Å²) in [7, 11) is 3.44. The molecule has 1 aromatic carbocycles. The quantitative estimate of drug-likeness (QED) is 0.241. The summed E-state index contributed by atoms with van der Waals surface area (Å²) in [5, 5.41) is 7.15. The molecule has 2 aromatic rings. The molecule has 2 amide bonds. The number of hydrogen-bond donors (Lipinski definition) is 2. The van der Waals surface area contributed by atoms with Crippen molar-refractivity contribution in [1.82, 2.24) is 20.1 Å². The molecule has 2 unspecified atom stereocenters. The molecule has 3 atom stereocenters. The van der Waals surface area contributed by atoms with E-state index in [1.165, 1.54) is 12.5 Å². The molecule has 2 fully saturated rings. The minimum absolute atomic E-state index is 0.0449. The van der Waals surface area contributed by atoms with Gasteiger partial charge in [-0.15, -0.1) is 0 Å². The third kappa shape index (κ3) is 9.49. The number of methoxy groups -OCH3 is 1. The van der Waals surface area contributed by atoms with E-state index in [4.69, 9.17) is 14.2 Å². The number of likely N-dealkylation sites (N-methyl/N-ethyl adjacent to an activating group) is 1. The first-order chi connectivity index (χ1) is 21.4. The Bertz CT molecular complexity index is 1180. The molecule has 246 valence electrons. The van der Waals surface area contributed by atoms with Gasteiger partial charge in [-0.05, 0) is 88.6 Å². The first-order valence-electron chi connectivity index (χ1n) is 16.6. The van der Waals surface area contributed by atoms with Crippen LogP contribution in [-0.4, -0.2) is 93.1 Å². The highest BCUT2D eigenvalue weighted by Gasteiger charge is 2.38. The number of carbonyl (C=O) groups is 2. The summed E-state index contributed by atoms with van der Waals surface area (Å²) in [6.07, 6.45) is 11.7. The smallest absolute Gasteiger partial charge is 0.245 e. The first-order valence-corrected chi connectivity index (χ1v) is 16.6. The fraction of sp³-hybridized carbons (Fsp3) is 0.706. The molecule has 1 aromatic heterocycles. The van der Waals surface area contributed by atoms with Crippen molar-refractivity contribution in [2.45, 2.75) is 95.8 Å². The summed E-state index contributed by atoms with van der Waals surface area (Å²) in [6, 6.07) is 4.16. The maximum atomic E-state index is 14.3. The lowest BCUT2D eigenvalue weighted by Gasteiger charge is -2.35. The Morgan fingerprint density at radius 1 is 1.00 bits per heavy atom. The maximum absolute atomic E-state index is 14.3. The lowest BCUT2D eigenvalue weighted by atomic mass is 9.83. The van der Waals surface area contributed by atoms with E-state index in [1.807, 2.05) is 17.9 Å². The number of aryl methyl sites for hydroxylation is 1. The second kappa shape index (κ2) is 17.8. The topological polar surface area (TPSA) is 94.1 Å². The van der Waals surface area contributed by atoms with Crippen molar-refractivity contribution in [3.05, 3.63) is 35.8 Å². The number of nitrogens with zero attached hydrogens (tertiary/aromatic N) is 2. The highest BCUT2D eigenvalue weighted by atomic mass is 19.1. The third-order valence-electron chi connectivity index (χ3n) is 9.25. The molecule has 0 spiro atoms. The van der Waals surface area contributed by atoms with Crippen LogP contribution in [0.4, 0.5) is 4.39 Å². The van der Waals surface area contributed by atoms with Crippen LogP contribution in [0.3, 0.4) is 0 Å². The van der Waals surface area contributed by atoms with E-state index < -0.39 is 6.04 Å². The van der Waals surface area contributed by atoms with E-state index in [-0.39, 0.29) is 35.6 Å². The molecule has 1 aliphatic heterocycles. The van der Waals surface area contributed by atoms with E-state index >= 15 is 0 Å². The molecule has 1 aliphatic carbocycles. The molecular formula is C34H53FN4O5. The summed E-state index contributed by atoms with van der Waals surface area (Å²) in [5.74, 6) is -0.175. The standard InChI is InChI=1S/C34H53FN4O5/c1-25(36-2)33(40)37-32(26-10-5-4-6-11-26)34(41)39-16-7-12-29(39)22-27-24-38(31-23-28(35)13-14-30(27)31)15-8-18-43-20-21-44-19-9-17-42-3/h13-14,23-26,29,32,36H,4-12,15-22H2,1-3H3,(H,37,40)/t25-,29?,32?/m0/s1. The normalized spacial score (nSPS) is 19.0. The van der Waals surface area contributed by atoms with Gasteiger partial charge in [-0.3, -0.25) is 9.59 Å². The largest absolute Gasteiger partial charge is 0.385 e. The lowest BCUT2D eigenvalue weighted by molar-refractivity contribution is -0.139. The Morgan fingerprint density at radius 3 is 2.48 bits per heavy atom. The number of nitrogens with one attached hydrogen (secondary N) is 2. The zero-order chi connectivity index (χ0) is 31.3. The predicted molar refractivity (Wildman–Crippen MR) is 170 cm³/mol. The Hall–Kier alpha value is -2.53. The van der Waals surface area contributed by atoms with Gasteiger partial charge in [-0.2, -0.15) is 0 Å². The second-order valence-electron chi connectivity index (χ2n) is 12.4. The van der Waals surface area contributed by atoms with Gasteiger partial charge in [0, 0.05) is 57.6 Å². The van der Waals surface area contributed by atoms with E-state index in [2.05, 4.69) is 21.4 Å². The Morgan fingerprint density at radius 2 is 1.75 bits per heavy atom. The van der Waals surface area contributed by atoms with Crippen LogP contribution in [0.25, 0.3) is 10.9 Å². The zero-order valence-electron chi connectivity index (χ0n) is 27.0. The van der Waals surface area contributed by atoms with E-state index in [0.29, 0.717) is 52.5 Å². The number of ether oxygens (including phenoxy) is 3. The van der Waals surface area contributed by atoms with Gasteiger partial charge in [0.2, 0.25) is 11.8 Å². The third-order valence-corrected chi connectivity index (χ3v) is 9.25. The number of hydrogen-bond acceptors (Lipinski definition) is 6. The minimum atomic E-state index is -0.495. The molecule has 10 heteroatoms. The van der Waals surface area contributed by atoms with Crippen molar-refractivity contribution >= 4 is 22.7 Å². The summed E-state index contributed by atoms with van der Waals surface area (Å²) in [4.78, 5) is 29.1. The average molecular weight is 617 g/mol. The van der Waals surface area contributed by atoms with Crippen LogP contribution in [0.1, 0.15) is 70.3 Å². The lowest BCUT2D eigenvalue weighted by Crippen LogP contribution is -2.56. The number of benzene rings is 1. The highest BCUT2D eigenvalue weighted by Crippen LogP contribution is 2.32. The molecule has 2 aliphatic rings. The van der Waals surface area contributed by atoms with Gasteiger partial charge in [-0.1, -0.05) is 19.3 Å². The number of fused-ring (bicyclic) bond motifs is 1. The van der Waals surface area contributed by atoms with Crippen LogP contribution in [0.15, 0.2) is 24.4 Å². The average Bonchev–Trinajstić information content (AvgIpc) is 3.64. The Kier molecular flexibility index (Phi) is 13.9. The Labute approximate surface area is 262 Å². The number of aromatic nitrogens is 1. The van der Waals surface area contributed by atoms with Crippen molar-refractivity contribution in [2.24, 2.45) is 5.92 Å². The van der Waals surface area contributed by atoms with Crippen molar-refractivity contribution in [2.75, 3.05) is 53.7 Å². The van der Waals surface area contributed by atoms with E-state index in [1.54, 1.807) is 20.2 Å². The van der Waals surface area contributed by atoms with Crippen LogP contribution < -0.4 is 10.6 Å². The number of likely N-dealkylation sites (tertiary alicyclic amines) is 1. The number of rotatable bonds is 18. The second-order valence-corrected chi connectivity index (χ2v) is 12.4. The highest BCUT2D eigenvalue weighted by molar-refractivity contribution is 5.90. The van der Waals surface area contributed by atoms with Gasteiger partial charge in [-0.25, -0.2) is 4.39 Å². The van der Waals surface area contributed by atoms with Crippen molar-refractivity contribution in [1.29, 1.82) is 0 Å². The predicted octanol–water partition coefficient (Wildman–Crippen LogP) is 4.45. The van der Waals surface area contributed by atoms with Crippen LogP contribution in [0, 0.1) is 11.7 Å². The fourth-order valence-corrected chi connectivity index (χ4v) is 6.68. The Balaban J connectivity index is 1.40. The van der Waals surface area contributed by atoms with Gasteiger partial charge in [0.15, 0.2) is 0 Å². The molecule has 44 heavy (non-hydrogen) atoms. The number of carbonyl (C=O) groups excluding carboxylic acids is 2. The van der Waals surface area contributed by atoms with Crippen LogP contribution >= 0.6 is 0 Å². The summed E-state index contributed by atoms with van der Waals surface area (Å²) < 4.78 is 32.8. The van der Waals surface area contributed by atoms with Crippen LogP contribution in [0.2, 0.25) is 0 Å². The monoisotopic (exact) mass is 616 g/mol. The SMILES string of the molecule is CN[C@@H](C)C(=O)NC(C(=O)N1CCCC1Cc1cn(CCCOCCOCCCOC)c2cc(F)ccc12)C1CCCCC1. The van der Waals surface area contributed by atoms with Gasteiger partial charge >= 0.3 is 0 Å². The van der Waals surface area contributed by atoms with Gasteiger partial charge in [0.1, 0.15) is 11.9 Å². The zero-order valence-corrected chi connectivity index (χ0v) is 27.0. The maximum Gasteiger partial charge on any atom is 0.245 e. The summed E-state index contributed by atoms with van der Waals surface area (Å²) in [5.41, 5.74) is 1.99. The van der Waals surface area contributed by atoms with Gasteiger partial charge in [0.25, 0.3) is 0 Å².